The molecule has 0 unspecified atom stereocenters. The minimum atomic E-state index is -0.404. The van der Waals surface area contributed by atoms with Crippen LogP contribution in [0.5, 0.6) is 17.2 Å². The number of aldehydes is 1. The third-order valence-electron chi connectivity index (χ3n) is 5.52. The molecule has 1 fully saturated rings. The molecule has 30 heavy (non-hydrogen) atoms. The van der Waals surface area contributed by atoms with E-state index in [9.17, 15) is 24.9 Å². The standard InChI is InChI=1S/C21H22N4O5/c1-11-19(28)13(10-26)16-18(20(11)29)24-15-12(4-5-14(27)17(15)23-16)21(30)22-6-9-25-7-2-3-8-25/h4-5,10,27-29H,2-3,6-9H2,1H3,(H,22,30). The van der Waals surface area contributed by atoms with Gasteiger partial charge in [0, 0.05) is 18.7 Å². The summed E-state index contributed by atoms with van der Waals surface area (Å²) in [6.45, 7) is 4.71. The number of nitrogens with zero attached hydrogens (tertiary/aromatic N) is 3. The zero-order valence-corrected chi connectivity index (χ0v) is 16.5. The molecule has 9 nitrogen and oxygen atoms in total. The highest BCUT2D eigenvalue weighted by Crippen LogP contribution is 2.38. The highest BCUT2D eigenvalue weighted by atomic mass is 16.3. The SMILES string of the molecule is Cc1c(O)c(C=O)c2nc3c(O)ccc(C(=O)NCCN4CCCC4)c3nc2c1O. The van der Waals surface area contributed by atoms with Gasteiger partial charge in [0.1, 0.15) is 39.3 Å². The quantitative estimate of drug-likeness (QED) is 0.370. The van der Waals surface area contributed by atoms with Gasteiger partial charge in [-0.05, 0) is 45.0 Å². The van der Waals surface area contributed by atoms with Gasteiger partial charge in [0.05, 0.1) is 11.1 Å². The summed E-state index contributed by atoms with van der Waals surface area (Å²) in [4.78, 5) is 35.1. The Labute approximate surface area is 172 Å². The molecule has 0 spiro atoms. The van der Waals surface area contributed by atoms with Gasteiger partial charge in [-0.15, -0.1) is 0 Å². The smallest absolute Gasteiger partial charge is 0.253 e. The van der Waals surface area contributed by atoms with Crippen LogP contribution >= 0.6 is 0 Å². The minimum Gasteiger partial charge on any atom is -0.507 e. The maximum Gasteiger partial charge on any atom is 0.253 e. The Morgan fingerprint density at radius 2 is 1.77 bits per heavy atom. The van der Waals surface area contributed by atoms with E-state index in [4.69, 9.17) is 0 Å². The molecular weight excluding hydrogens is 388 g/mol. The van der Waals surface area contributed by atoms with Gasteiger partial charge in [-0.25, -0.2) is 9.97 Å². The number of likely N-dealkylation sites (tertiary alicyclic amines) is 1. The molecule has 156 valence electrons. The molecule has 0 aliphatic carbocycles. The van der Waals surface area contributed by atoms with Crippen molar-refractivity contribution in [2.75, 3.05) is 26.2 Å². The average Bonchev–Trinajstić information content (AvgIpc) is 3.25. The Morgan fingerprint density at radius 3 is 2.47 bits per heavy atom. The molecule has 1 aliphatic heterocycles. The molecular formula is C21H22N4O5. The number of carbonyl (C=O) groups excluding carboxylic acids is 2. The fraction of sp³-hybridized carbons (Fsp3) is 0.333. The van der Waals surface area contributed by atoms with E-state index in [1.807, 2.05) is 0 Å². The van der Waals surface area contributed by atoms with Crippen LogP contribution in [0.2, 0.25) is 0 Å². The third-order valence-corrected chi connectivity index (χ3v) is 5.52. The van der Waals surface area contributed by atoms with Crippen molar-refractivity contribution in [2.45, 2.75) is 19.8 Å². The summed E-state index contributed by atoms with van der Waals surface area (Å²) in [6, 6.07) is 2.76. The van der Waals surface area contributed by atoms with Crippen LogP contribution in [0.1, 0.15) is 39.1 Å². The summed E-state index contributed by atoms with van der Waals surface area (Å²) in [7, 11) is 0. The van der Waals surface area contributed by atoms with E-state index in [1.165, 1.54) is 31.9 Å². The van der Waals surface area contributed by atoms with E-state index in [2.05, 4.69) is 20.2 Å². The van der Waals surface area contributed by atoms with Crippen molar-refractivity contribution >= 4 is 34.3 Å². The number of nitrogens with one attached hydrogen (secondary N) is 1. The molecule has 0 saturated carbocycles. The lowest BCUT2D eigenvalue weighted by Crippen LogP contribution is -2.33. The first kappa shape index (κ1) is 19.8. The van der Waals surface area contributed by atoms with Gasteiger partial charge in [0.2, 0.25) is 0 Å². The van der Waals surface area contributed by atoms with Gasteiger partial charge in [-0.2, -0.15) is 0 Å². The molecule has 4 rings (SSSR count). The van der Waals surface area contributed by atoms with Crippen LogP contribution in [0.15, 0.2) is 12.1 Å². The molecule has 0 bridgehead atoms. The molecule has 0 radical (unpaired) electrons. The van der Waals surface area contributed by atoms with Gasteiger partial charge < -0.3 is 25.5 Å². The molecule has 9 heteroatoms. The Hall–Kier alpha value is -3.46. The summed E-state index contributed by atoms with van der Waals surface area (Å²) in [5.41, 5.74) is 0.136. The minimum absolute atomic E-state index is 0.000413. The number of fused-ring (bicyclic) bond motifs is 2. The fourth-order valence-electron chi connectivity index (χ4n) is 3.80. The van der Waals surface area contributed by atoms with Crippen LogP contribution in [0.25, 0.3) is 22.1 Å². The highest BCUT2D eigenvalue weighted by molar-refractivity contribution is 6.09. The van der Waals surface area contributed by atoms with Crippen LogP contribution in [0.4, 0.5) is 0 Å². The van der Waals surface area contributed by atoms with Crippen LogP contribution < -0.4 is 5.32 Å². The number of aromatic nitrogens is 2. The van der Waals surface area contributed by atoms with Crippen LogP contribution in [0, 0.1) is 6.92 Å². The molecule has 2 heterocycles. The van der Waals surface area contributed by atoms with Crippen molar-refractivity contribution in [3.05, 3.63) is 28.8 Å². The monoisotopic (exact) mass is 410 g/mol. The van der Waals surface area contributed by atoms with Crippen molar-refractivity contribution in [3.63, 3.8) is 0 Å². The number of hydrogen-bond donors (Lipinski definition) is 4. The predicted octanol–water partition coefficient (Wildman–Crippen LogP) is 1.85. The first-order chi connectivity index (χ1) is 14.4. The van der Waals surface area contributed by atoms with E-state index in [-0.39, 0.29) is 56.2 Å². The van der Waals surface area contributed by atoms with Crippen molar-refractivity contribution in [1.29, 1.82) is 0 Å². The van der Waals surface area contributed by atoms with E-state index in [0.717, 1.165) is 19.6 Å². The number of amides is 1. The summed E-state index contributed by atoms with van der Waals surface area (Å²) >= 11 is 0. The lowest BCUT2D eigenvalue weighted by atomic mass is 10.0. The average molecular weight is 410 g/mol. The van der Waals surface area contributed by atoms with Crippen molar-refractivity contribution in [2.24, 2.45) is 0 Å². The summed E-state index contributed by atoms with van der Waals surface area (Å²) in [5, 5.41) is 33.7. The number of benzene rings is 2. The second kappa shape index (κ2) is 7.75. The fourth-order valence-corrected chi connectivity index (χ4v) is 3.80. The number of carbonyl (C=O) groups is 2. The molecule has 1 aliphatic rings. The second-order valence-electron chi connectivity index (χ2n) is 7.41. The Morgan fingerprint density at radius 1 is 1.07 bits per heavy atom. The van der Waals surface area contributed by atoms with Crippen molar-refractivity contribution in [1.82, 2.24) is 20.2 Å². The third kappa shape index (κ3) is 3.26. The summed E-state index contributed by atoms with van der Waals surface area (Å²) in [5.74, 6) is -1.35. The number of phenols is 3. The van der Waals surface area contributed by atoms with Gasteiger partial charge in [0.15, 0.2) is 6.29 Å². The summed E-state index contributed by atoms with van der Waals surface area (Å²) < 4.78 is 0. The van der Waals surface area contributed by atoms with Gasteiger partial charge in [0.25, 0.3) is 5.91 Å². The van der Waals surface area contributed by atoms with E-state index >= 15 is 0 Å². The van der Waals surface area contributed by atoms with E-state index in [1.54, 1.807) is 0 Å². The number of hydrogen-bond acceptors (Lipinski definition) is 8. The molecule has 4 N–H and O–H groups in total. The Kier molecular flexibility index (Phi) is 5.13. The van der Waals surface area contributed by atoms with Crippen LogP contribution in [-0.2, 0) is 0 Å². The molecule has 1 amide bonds. The lowest BCUT2D eigenvalue weighted by molar-refractivity contribution is 0.0951. The molecule has 3 aromatic rings. The normalized spacial score (nSPS) is 14.4. The van der Waals surface area contributed by atoms with Crippen LogP contribution in [0.3, 0.4) is 0 Å². The van der Waals surface area contributed by atoms with Gasteiger partial charge in [-0.1, -0.05) is 0 Å². The zero-order chi connectivity index (χ0) is 21.4. The number of phenolic OH excluding ortho intramolecular Hbond substituents is 3. The maximum absolute atomic E-state index is 12.8. The number of aromatic hydroxyl groups is 3. The van der Waals surface area contributed by atoms with Gasteiger partial charge >= 0.3 is 0 Å². The van der Waals surface area contributed by atoms with Gasteiger partial charge in [-0.3, -0.25) is 9.59 Å². The lowest BCUT2D eigenvalue weighted by Gasteiger charge is -2.15. The zero-order valence-electron chi connectivity index (χ0n) is 16.5. The second-order valence-corrected chi connectivity index (χ2v) is 7.41. The Balaban J connectivity index is 1.78. The first-order valence-corrected chi connectivity index (χ1v) is 9.76. The highest BCUT2D eigenvalue weighted by Gasteiger charge is 2.22. The van der Waals surface area contributed by atoms with Crippen LogP contribution in [-0.4, -0.2) is 68.6 Å². The van der Waals surface area contributed by atoms with Crippen molar-refractivity contribution < 1.29 is 24.9 Å². The first-order valence-electron chi connectivity index (χ1n) is 9.76. The molecule has 1 aromatic heterocycles. The largest absolute Gasteiger partial charge is 0.507 e. The van der Waals surface area contributed by atoms with Crippen molar-refractivity contribution in [3.8, 4) is 17.2 Å². The Bertz CT molecular complexity index is 1170. The van der Waals surface area contributed by atoms with E-state index < -0.39 is 5.75 Å². The number of rotatable bonds is 5. The topological polar surface area (TPSA) is 136 Å². The van der Waals surface area contributed by atoms with E-state index in [0.29, 0.717) is 12.8 Å². The molecule has 1 saturated heterocycles. The molecule has 2 aromatic carbocycles. The maximum atomic E-state index is 12.8. The summed E-state index contributed by atoms with van der Waals surface area (Å²) in [6.07, 6.45) is 2.75. The molecule has 0 atom stereocenters. The predicted molar refractivity (Wildman–Crippen MR) is 110 cm³/mol.